The second-order valence-corrected chi connectivity index (χ2v) is 9.13. The third kappa shape index (κ3) is 5.71. The second kappa shape index (κ2) is 11.3. The zero-order chi connectivity index (χ0) is 24.0. The number of carbonyl (C=O) groups excluding carboxylic acids is 1. The largest absolute Gasteiger partial charge is 0.494 e. The molecule has 1 aromatic carbocycles. The summed E-state index contributed by atoms with van der Waals surface area (Å²) in [6.07, 6.45) is 1.39. The highest BCUT2D eigenvalue weighted by atomic mass is 32.1. The highest BCUT2D eigenvalue weighted by Crippen LogP contribution is 2.39. The topological polar surface area (TPSA) is 104 Å². The molecule has 2 saturated heterocycles. The van der Waals surface area contributed by atoms with Gasteiger partial charge >= 0.3 is 0 Å². The molecule has 0 bridgehead atoms. The molecule has 2 aliphatic rings. The van der Waals surface area contributed by atoms with Gasteiger partial charge in [-0.15, -0.1) is 0 Å². The number of carbonyl (C=O) groups is 1. The van der Waals surface area contributed by atoms with Gasteiger partial charge in [-0.1, -0.05) is 17.4 Å². The molecule has 0 aliphatic carbocycles. The molecule has 5 rings (SSSR count). The summed E-state index contributed by atoms with van der Waals surface area (Å²) in [5.41, 5.74) is 2.09. The number of hydrogen-bond donors (Lipinski definition) is 1. The summed E-state index contributed by atoms with van der Waals surface area (Å²) in [6.45, 7) is 6.17. The molecule has 11 heteroatoms. The number of nitrogens with one attached hydrogen (secondary N) is 1. The number of hydrogen-bond acceptors (Lipinski definition) is 10. The highest BCUT2D eigenvalue weighted by molar-refractivity contribution is 7.22. The van der Waals surface area contributed by atoms with E-state index in [0.717, 1.165) is 43.1 Å². The van der Waals surface area contributed by atoms with Crippen molar-refractivity contribution in [3.63, 3.8) is 0 Å². The average Bonchev–Trinajstić information content (AvgIpc) is 3.33. The lowest BCUT2D eigenvalue weighted by molar-refractivity contribution is -0.0895. The fourth-order valence-electron chi connectivity index (χ4n) is 4.04. The number of fused-ring (bicyclic) bond motifs is 1. The van der Waals surface area contributed by atoms with Crippen LogP contribution in [0.5, 0.6) is 11.6 Å². The first-order valence-corrected chi connectivity index (χ1v) is 12.4. The number of nitrogens with zero attached hydrogens (tertiary/aromatic N) is 3. The van der Waals surface area contributed by atoms with Gasteiger partial charge in [0.1, 0.15) is 24.0 Å². The molecule has 4 heterocycles. The Morgan fingerprint density at radius 3 is 2.89 bits per heavy atom. The molecule has 1 unspecified atom stereocenters. The van der Waals surface area contributed by atoms with Crippen molar-refractivity contribution >= 4 is 32.6 Å². The van der Waals surface area contributed by atoms with Gasteiger partial charge < -0.3 is 23.7 Å². The molecule has 0 radical (unpaired) electrons. The van der Waals surface area contributed by atoms with Crippen molar-refractivity contribution in [1.82, 2.24) is 14.9 Å². The molecule has 3 aromatic rings. The average molecular weight is 501 g/mol. The van der Waals surface area contributed by atoms with E-state index in [1.54, 1.807) is 25.4 Å². The van der Waals surface area contributed by atoms with E-state index in [-0.39, 0.29) is 12.0 Å². The molecule has 1 amide bonds. The summed E-state index contributed by atoms with van der Waals surface area (Å²) in [5, 5.41) is 3.37. The maximum absolute atomic E-state index is 13.0. The lowest BCUT2D eigenvalue weighted by Crippen LogP contribution is -2.38. The quantitative estimate of drug-likeness (QED) is 0.500. The highest BCUT2D eigenvalue weighted by Gasteiger charge is 2.23. The van der Waals surface area contributed by atoms with Gasteiger partial charge in [-0.3, -0.25) is 15.0 Å². The van der Waals surface area contributed by atoms with Crippen LogP contribution in [0.15, 0.2) is 30.5 Å². The number of aromatic nitrogens is 2. The maximum Gasteiger partial charge on any atom is 0.257 e. The monoisotopic (exact) mass is 500 g/mol. The number of amides is 1. The molecule has 2 aromatic heterocycles. The van der Waals surface area contributed by atoms with E-state index in [9.17, 15) is 4.79 Å². The van der Waals surface area contributed by atoms with Gasteiger partial charge in [0, 0.05) is 43.0 Å². The van der Waals surface area contributed by atoms with Gasteiger partial charge in [0.15, 0.2) is 5.13 Å². The van der Waals surface area contributed by atoms with E-state index in [2.05, 4.69) is 20.2 Å². The summed E-state index contributed by atoms with van der Waals surface area (Å²) < 4.78 is 29.0. The van der Waals surface area contributed by atoms with Gasteiger partial charge in [0.2, 0.25) is 5.88 Å². The van der Waals surface area contributed by atoms with E-state index in [4.69, 9.17) is 23.7 Å². The van der Waals surface area contributed by atoms with Crippen LogP contribution in [0.3, 0.4) is 0 Å². The minimum absolute atomic E-state index is 0.182. The number of methoxy groups -OCH3 is 1. The van der Waals surface area contributed by atoms with E-state index >= 15 is 0 Å². The molecule has 1 atom stereocenters. The van der Waals surface area contributed by atoms with Crippen LogP contribution in [0.25, 0.3) is 10.2 Å². The first-order valence-electron chi connectivity index (χ1n) is 11.6. The molecule has 2 aliphatic heterocycles. The van der Waals surface area contributed by atoms with Crippen molar-refractivity contribution in [3.8, 4) is 11.6 Å². The Kier molecular flexibility index (Phi) is 7.69. The zero-order valence-electron chi connectivity index (χ0n) is 19.5. The Labute approximate surface area is 207 Å². The zero-order valence-corrected chi connectivity index (χ0v) is 20.3. The normalized spacial score (nSPS) is 18.9. The summed E-state index contributed by atoms with van der Waals surface area (Å²) in [7, 11) is 1.60. The number of ether oxygens (including phenoxy) is 5. The van der Waals surface area contributed by atoms with Gasteiger partial charge in [-0.05, 0) is 12.1 Å². The third-order valence-electron chi connectivity index (χ3n) is 5.90. The van der Waals surface area contributed by atoms with Crippen molar-refractivity contribution in [1.29, 1.82) is 0 Å². The number of rotatable bonds is 8. The second-order valence-electron chi connectivity index (χ2n) is 8.13. The van der Waals surface area contributed by atoms with Crippen LogP contribution in [0.1, 0.15) is 22.0 Å². The lowest BCUT2D eigenvalue weighted by atomic mass is 10.1. The van der Waals surface area contributed by atoms with Crippen molar-refractivity contribution in [2.75, 3.05) is 71.7 Å². The molecule has 10 nitrogen and oxygen atoms in total. The van der Waals surface area contributed by atoms with Crippen LogP contribution in [-0.2, 0) is 14.2 Å². The first kappa shape index (κ1) is 23.9. The summed E-state index contributed by atoms with van der Waals surface area (Å²) in [6, 6.07) is 7.12. The summed E-state index contributed by atoms with van der Waals surface area (Å²) >= 11 is 1.38. The summed E-state index contributed by atoms with van der Waals surface area (Å²) in [4.78, 5) is 24.1. The molecule has 35 heavy (non-hydrogen) atoms. The van der Waals surface area contributed by atoms with Gasteiger partial charge in [0.25, 0.3) is 5.91 Å². The first-order chi connectivity index (χ1) is 17.2. The van der Waals surface area contributed by atoms with E-state index in [1.165, 1.54) is 11.3 Å². The molecule has 2 fully saturated rings. The van der Waals surface area contributed by atoms with Crippen LogP contribution >= 0.6 is 11.3 Å². The van der Waals surface area contributed by atoms with Crippen molar-refractivity contribution in [2.45, 2.75) is 6.10 Å². The minimum atomic E-state index is -0.290. The maximum atomic E-state index is 13.0. The number of thiazole rings is 1. The van der Waals surface area contributed by atoms with E-state index in [1.807, 2.05) is 12.1 Å². The number of anilines is 1. The van der Waals surface area contributed by atoms with Crippen LogP contribution in [0, 0.1) is 0 Å². The third-order valence-corrected chi connectivity index (χ3v) is 6.92. The molecular formula is C24H28N4O6S. The van der Waals surface area contributed by atoms with Crippen molar-refractivity contribution in [3.05, 3.63) is 41.6 Å². The van der Waals surface area contributed by atoms with Gasteiger partial charge in [0.05, 0.1) is 44.8 Å². The van der Waals surface area contributed by atoms with Crippen LogP contribution in [0.2, 0.25) is 0 Å². The molecule has 0 spiro atoms. The minimum Gasteiger partial charge on any atom is -0.494 e. The van der Waals surface area contributed by atoms with Gasteiger partial charge in [-0.2, -0.15) is 0 Å². The van der Waals surface area contributed by atoms with Crippen LogP contribution in [0.4, 0.5) is 5.13 Å². The Morgan fingerprint density at radius 2 is 2.09 bits per heavy atom. The lowest BCUT2D eigenvalue weighted by Gasteiger charge is -2.26. The standard InChI is InChI=1S/C24H28N4O6S/c1-30-18-3-2-17(19-15-32-12-13-33-19)22-21(18)26-24(35-22)27-23(29)16-4-5-25-20(14-16)34-11-8-28-6-9-31-10-7-28/h2-5,14,19H,6-13,15H2,1H3,(H,26,27,29). The van der Waals surface area contributed by atoms with E-state index in [0.29, 0.717) is 54.3 Å². The number of morpholine rings is 1. The number of pyridine rings is 1. The van der Waals surface area contributed by atoms with E-state index < -0.39 is 0 Å². The predicted molar refractivity (Wildman–Crippen MR) is 131 cm³/mol. The number of benzene rings is 1. The van der Waals surface area contributed by atoms with Crippen LogP contribution in [-0.4, -0.2) is 87.2 Å². The smallest absolute Gasteiger partial charge is 0.257 e. The molecule has 1 N–H and O–H groups in total. The van der Waals surface area contributed by atoms with Crippen LogP contribution < -0.4 is 14.8 Å². The molecule has 0 saturated carbocycles. The summed E-state index contributed by atoms with van der Waals surface area (Å²) in [5.74, 6) is 0.757. The Balaban J connectivity index is 1.28. The van der Waals surface area contributed by atoms with Gasteiger partial charge in [-0.25, -0.2) is 9.97 Å². The molecule has 186 valence electrons. The van der Waals surface area contributed by atoms with Crippen molar-refractivity contribution < 1.29 is 28.5 Å². The Morgan fingerprint density at radius 1 is 1.20 bits per heavy atom. The Bertz CT molecular complexity index is 1160. The fourth-order valence-corrected chi connectivity index (χ4v) is 5.08. The SMILES string of the molecule is COc1ccc(C2COCCO2)c2sc(NC(=O)c3ccnc(OCCN4CCOCC4)c3)nc12. The Hall–Kier alpha value is -2.83. The fraction of sp³-hybridized carbons (Fsp3) is 0.458. The van der Waals surface area contributed by atoms with Crippen molar-refractivity contribution in [2.24, 2.45) is 0 Å². The molecular weight excluding hydrogens is 472 g/mol. The predicted octanol–water partition coefficient (Wildman–Crippen LogP) is 2.75.